The summed E-state index contributed by atoms with van der Waals surface area (Å²) in [6.45, 7) is 6.43. The molecule has 0 unspecified atom stereocenters. The summed E-state index contributed by atoms with van der Waals surface area (Å²) in [7, 11) is 0. The number of nitrogens with zero attached hydrogens (tertiary/aromatic N) is 1. The predicted molar refractivity (Wildman–Crippen MR) is 121 cm³/mol. The molecule has 7 heteroatoms. The summed E-state index contributed by atoms with van der Waals surface area (Å²) < 4.78 is 5.69. The van der Waals surface area contributed by atoms with Gasteiger partial charge < -0.3 is 15.0 Å². The fraction of sp³-hybridized carbons (Fsp3) is 0.391. The largest absolute Gasteiger partial charge is 0.484 e. The zero-order valence-electron chi connectivity index (χ0n) is 17.6. The Hall–Kier alpha value is -2.24. The molecule has 2 amide bonds. The number of nitrogens with one attached hydrogen (secondary N) is 1. The molecule has 30 heavy (non-hydrogen) atoms. The first-order valence-corrected chi connectivity index (χ1v) is 10.8. The van der Waals surface area contributed by atoms with Gasteiger partial charge in [0, 0.05) is 23.1 Å². The molecule has 0 radical (unpaired) electrons. The zero-order valence-corrected chi connectivity index (χ0v) is 19.1. The van der Waals surface area contributed by atoms with Crippen molar-refractivity contribution in [3.8, 4) is 5.75 Å². The van der Waals surface area contributed by atoms with Gasteiger partial charge in [-0.05, 0) is 61.2 Å². The minimum absolute atomic E-state index is 0.163. The van der Waals surface area contributed by atoms with Crippen LogP contribution in [-0.2, 0) is 16.1 Å². The van der Waals surface area contributed by atoms with E-state index in [2.05, 4.69) is 5.32 Å². The lowest BCUT2D eigenvalue weighted by Crippen LogP contribution is -2.50. The average molecular weight is 451 g/mol. The summed E-state index contributed by atoms with van der Waals surface area (Å²) in [5.74, 6) is 0.125. The monoisotopic (exact) mass is 450 g/mol. The van der Waals surface area contributed by atoms with E-state index in [0.29, 0.717) is 28.8 Å². The fourth-order valence-corrected chi connectivity index (χ4v) is 3.25. The Labute approximate surface area is 188 Å². The summed E-state index contributed by atoms with van der Waals surface area (Å²) in [6, 6.07) is 11.9. The van der Waals surface area contributed by atoms with Gasteiger partial charge >= 0.3 is 0 Å². The van der Waals surface area contributed by atoms with Crippen LogP contribution in [0.1, 0.15) is 37.8 Å². The molecule has 2 rings (SSSR count). The summed E-state index contributed by atoms with van der Waals surface area (Å²) in [5.41, 5.74) is 1.75. The van der Waals surface area contributed by atoms with Crippen molar-refractivity contribution in [1.29, 1.82) is 0 Å². The highest BCUT2D eigenvalue weighted by Crippen LogP contribution is 2.21. The topological polar surface area (TPSA) is 58.6 Å². The van der Waals surface area contributed by atoms with E-state index in [1.165, 1.54) is 0 Å². The van der Waals surface area contributed by atoms with Gasteiger partial charge in [0.15, 0.2) is 6.61 Å². The summed E-state index contributed by atoms with van der Waals surface area (Å²) in [4.78, 5) is 27.4. The standard InChI is InChI=1S/C23H28Cl2N2O3/c1-4-12-26-23(29)21(5-2)27(14-17-6-8-18(24)9-7-17)22(28)15-30-19-10-11-20(25)16(3)13-19/h6-11,13,21H,4-5,12,14-15H2,1-3H3,(H,26,29)/t21-/m0/s1. The normalized spacial score (nSPS) is 11.6. The van der Waals surface area contributed by atoms with Crippen molar-refractivity contribution >= 4 is 35.0 Å². The summed E-state index contributed by atoms with van der Waals surface area (Å²) in [6.07, 6.45) is 1.32. The summed E-state index contributed by atoms with van der Waals surface area (Å²) in [5, 5.41) is 4.14. The number of benzene rings is 2. The molecule has 0 heterocycles. The third kappa shape index (κ3) is 6.92. The number of hydrogen-bond donors (Lipinski definition) is 1. The fourth-order valence-electron chi connectivity index (χ4n) is 3.01. The van der Waals surface area contributed by atoms with Crippen molar-refractivity contribution in [3.63, 3.8) is 0 Å². The van der Waals surface area contributed by atoms with Crippen molar-refractivity contribution < 1.29 is 14.3 Å². The number of ether oxygens (including phenoxy) is 1. The molecule has 0 bridgehead atoms. The lowest BCUT2D eigenvalue weighted by Gasteiger charge is -2.30. The Bertz CT molecular complexity index is 856. The van der Waals surface area contributed by atoms with Gasteiger partial charge in [0.25, 0.3) is 5.91 Å². The first kappa shape index (κ1) is 24.0. The van der Waals surface area contributed by atoms with E-state index in [1.807, 2.05) is 32.9 Å². The van der Waals surface area contributed by atoms with Crippen LogP contribution in [0, 0.1) is 6.92 Å². The van der Waals surface area contributed by atoms with Crippen LogP contribution >= 0.6 is 23.2 Å². The van der Waals surface area contributed by atoms with Gasteiger partial charge in [-0.3, -0.25) is 9.59 Å². The maximum Gasteiger partial charge on any atom is 0.261 e. The molecule has 5 nitrogen and oxygen atoms in total. The quantitative estimate of drug-likeness (QED) is 0.552. The minimum atomic E-state index is -0.588. The molecule has 0 aliphatic heterocycles. The molecule has 1 atom stereocenters. The minimum Gasteiger partial charge on any atom is -0.484 e. The number of carbonyl (C=O) groups excluding carboxylic acids is 2. The Morgan fingerprint density at radius 3 is 2.40 bits per heavy atom. The number of amides is 2. The number of carbonyl (C=O) groups is 2. The zero-order chi connectivity index (χ0) is 22.1. The maximum absolute atomic E-state index is 13.1. The molecule has 162 valence electrons. The molecule has 0 fully saturated rings. The smallest absolute Gasteiger partial charge is 0.261 e. The molecule has 2 aromatic rings. The van der Waals surface area contributed by atoms with Crippen molar-refractivity contribution in [2.24, 2.45) is 0 Å². The lowest BCUT2D eigenvalue weighted by molar-refractivity contribution is -0.143. The highest BCUT2D eigenvalue weighted by atomic mass is 35.5. The first-order valence-electron chi connectivity index (χ1n) is 10.1. The molecule has 0 saturated carbocycles. The van der Waals surface area contributed by atoms with Gasteiger partial charge in [-0.2, -0.15) is 0 Å². The third-order valence-corrected chi connectivity index (χ3v) is 5.37. The summed E-state index contributed by atoms with van der Waals surface area (Å²) >= 11 is 12.0. The van der Waals surface area contributed by atoms with Crippen molar-refractivity contribution in [3.05, 3.63) is 63.6 Å². The van der Waals surface area contributed by atoms with Crippen LogP contribution in [0.2, 0.25) is 10.0 Å². The van der Waals surface area contributed by atoms with E-state index in [4.69, 9.17) is 27.9 Å². The Kier molecular flexibility index (Phi) is 9.47. The average Bonchev–Trinajstić information content (AvgIpc) is 2.74. The van der Waals surface area contributed by atoms with E-state index in [9.17, 15) is 9.59 Å². The van der Waals surface area contributed by atoms with E-state index in [1.54, 1.807) is 35.2 Å². The Morgan fingerprint density at radius 2 is 1.80 bits per heavy atom. The van der Waals surface area contributed by atoms with Gasteiger partial charge in [-0.25, -0.2) is 0 Å². The first-order chi connectivity index (χ1) is 14.3. The van der Waals surface area contributed by atoms with Crippen molar-refractivity contribution in [2.45, 2.75) is 46.2 Å². The molecule has 0 spiro atoms. The lowest BCUT2D eigenvalue weighted by atomic mass is 10.1. The third-order valence-electron chi connectivity index (χ3n) is 4.69. The highest BCUT2D eigenvalue weighted by molar-refractivity contribution is 6.31. The van der Waals surface area contributed by atoms with Gasteiger partial charge in [-0.1, -0.05) is 49.2 Å². The Balaban J connectivity index is 2.18. The molecule has 0 aliphatic rings. The van der Waals surface area contributed by atoms with Crippen LogP contribution in [0.5, 0.6) is 5.75 Å². The van der Waals surface area contributed by atoms with Crippen LogP contribution in [0.4, 0.5) is 0 Å². The van der Waals surface area contributed by atoms with Crippen molar-refractivity contribution in [1.82, 2.24) is 10.2 Å². The van der Waals surface area contributed by atoms with Crippen LogP contribution in [0.25, 0.3) is 0 Å². The number of halogens is 2. The Morgan fingerprint density at radius 1 is 1.10 bits per heavy atom. The second kappa shape index (κ2) is 11.8. The molecular weight excluding hydrogens is 423 g/mol. The van der Waals surface area contributed by atoms with E-state index >= 15 is 0 Å². The second-order valence-electron chi connectivity index (χ2n) is 7.06. The van der Waals surface area contributed by atoms with Gasteiger partial charge in [0.2, 0.25) is 5.91 Å². The van der Waals surface area contributed by atoms with Gasteiger partial charge in [-0.15, -0.1) is 0 Å². The van der Waals surface area contributed by atoms with E-state index in [-0.39, 0.29) is 25.0 Å². The van der Waals surface area contributed by atoms with Gasteiger partial charge in [0.05, 0.1) is 0 Å². The number of rotatable bonds is 10. The van der Waals surface area contributed by atoms with Crippen LogP contribution < -0.4 is 10.1 Å². The molecule has 1 N–H and O–H groups in total. The molecule has 2 aromatic carbocycles. The molecular formula is C23H28Cl2N2O3. The van der Waals surface area contributed by atoms with E-state index < -0.39 is 6.04 Å². The molecule has 0 saturated heterocycles. The highest BCUT2D eigenvalue weighted by Gasteiger charge is 2.28. The predicted octanol–water partition coefficient (Wildman–Crippen LogP) is 5.01. The maximum atomic E-state index is 13.1. The second-order valence-corrected chi connectivity index (χ2v) is 7.91. The van der Waals surface area contributed by atoms with Crippen LogP contribution in [0.3, 0.4) is 0 Å². The van der Waals surface area contributed by atoms with E-state index in [0.717, 1.165) is 17.5 Å². The van der Waals surface area contributed by atoms with Crippen LogP contribution in [0.15, 0.2) is 42.5 Å². The van der Waals surface area contributed by atoms with Crippen LogP contribution in [-0.4, -0.2) is 35.9 Å². The SMILES string of the molecule is CCCNC(=O)[C@H](CC)N(Cc1ccc(Cl)cc1)C(=O)COc1ccc(Cl)c(C)c1. The van der Waals surface area contributed by atoms with Crippen molar-refractivity contribution in [2.75, 3.05) is 13.2 Å². The molecule has 0 aliphatic carbocycles. The molecule has 0 aromatic heterocycles. The number of hydrogen-bond acceptors (Lipinski definition) is 3. The number of aryl methyl sites for hydroxylation is 1. The van der Waals surface area contributed by atoms with Gasteiger partial charge in [0.1, 0.15) is 11.8 Å².